The molecule has 1 aromatic carbocycles. The fraction of sp³-hybridized carbons (Fsp3) is 0.529. The van der Waals surface area contributed by atoms with Gasteiger partial charge in [-0.05, 0) is 37.1 Å². The van der Waals surface area contributed by atoms with Crippen LogP contribution < -0.4 is 16.8 Å². The Balaban J connectivity index is 2.16. The van der Waals surface area contributed by atoms with Crippen molar-refractivity contribution in [1.29, 1.82) is 0 Å². The second-order valence-electron chi connectivity index (χ2n) is 6.64. The van der Waals surface area contributed by atoms with E-state index in [1.807, 2.05) is 0 Å². The topological polar surface area (TPSA) is 96.7 Å². The van der Waals surface area contributed by atoms with Gasteiger partial charge >= 0.3 is 12.4 Å². The van der Waals surface area contributed by atoms with E-state index in [4.69, 9.17) is 11.5 Å². The first-order valence-electron chi connectivity index (χ1n) is 8.77. The highest BCUT2D eigenvalue weighted by atomic mass is 19.4. The number of nitrogens with one attached hydrogen (secondary N) is 1. The maximum Gasteiger partial charge on any atom is 0.416 e. The van der Waals surface area contributed by atoms with E-state index < -0.39 is 42.5 Å². The number of alkyl halides is 6. The Morgan fingerprint density at radius 1 is 1.07 bits per heavy atom. The van der Waals surface area contributed by atoms with Crippen LogP contribution in [-0.4, -0.2) is 48.2 Å². The minimum Gasteiger partial charge on any atom is -0.343 e. The molecule has 0 aromatic heterocycles. The molecule has 1 saturated heterocycles. The van der Waals surface area contributed by atoms with Crippen LogP contribution in [0, 0.1) is 0 Å². The highest BCUT2D eigenvalue weighted by Crippen LogP contribution is 2.29. The molecule has 1 fully saturated rings. The largest absolute Gasteiger partial charge is 0.416 e. The van der Waals surface area contributed by atoms with Gasteiger partial charge < -0.3 is 21.7 Å². The number of amides is 1. The Hall–Kier alpha value is -2.34. The lowest BCUT2D eigenvalue weighted by molar-refractivity contribution is -0.150. The van der Waals surface area contributed by atoms with E-state index in [0.717, 1.165) is 37.1 Å². The molecule has 1 aliphatic heterocycles. The minimum atomic E-state index is -4.62. The summed E-state index contributed by atoms with van der Waals surface area (Å²) in [6, 6.07) is 1.31. The summed E-state index contributed by atoms with van der Waals surface area (Å²) in [4.78, 5) is 17.8. The van der Waals surface area contributed by atoms with Crippen molar-refractivity contribution >= 4 is 11.9 Å². The molecule has 29 heavy (non-hydrogen) atoms. The molecule has 1 aliphatic rings. The molecular weight excluding hydrogens is 404 g/mol. The van der Waals surface area contributed by atoms with Crippen LogP contribution >= 0.6 is 0 Å². The van der Waals surface area contributed by atoms with Crippen molar-refractivity contribution < 1.29 is 31.1 Å². The first kappa shape index (κ1) is 22.9. The van der Waals surface area contributed by atoms with E-state index in [-0.39, 0.29) is 11.5 Å². The number of likely N-dealkylation sites (tertiary alicyclic amines) is 1. The number of hydrogen-bond acceptors (Lipinski definition) is 3. The molecule has 0 saturated carbocycles. The molecule has 2 atom stereocenters. The normalized spacial score (nSPS) is 17.9. The molecule has 0 radical (unpaired) electrons. The van der Waals surface area contributed by atoms with E-state index in [2.05, 4.69) is 10.3 Å². The van der Waals surface area contributed by atoms with Crippen LogP contribution in [0.1, 0.15) is 35.2 Å². The third-order valence-corrected chi connectivity index (χ3v) is 4.32. The van der Waals surface area contributed by atoms with E-state index in [9.17, 15) is 31.1 Å². The molecule has 1 amide bonds. The second-order valence-corrected chi connectivity index (χ2v) is 6.64. The molecule has 0 spiro atoms. The molecule has 6 nitrogen and oxygen atoms in total. The van der Waals surface area contributed by atoms with E-state index in [1.165, 1.54) is 0 Å². The molecule has 1 heterocycles. The third kappa shape index (κ3) is 6.60. The van der Waals surface area contributed by atoms with Gasteiger partial charge in [-0.25, -0.2) is 0 Å². The minimum absolute atomic E-state index is 0.0331. The van der Waals surface area contributed by atoms with Gasteiger partial charge in [0.25, 0.3) is 5.91 Å². The van der Waals surface area contributed by atoms with Crippen molar-refractivity contribution in [3.05, 3.63) is 35.4 Å². The van der Waals surface area contributed by atoms with Gasteiger partial charge in [0.15, 0.2) is 0 Å². The highest BCUT2D eigenvalue weighted by Gasteiger charge is 2.38. The van der Waals surface area contributed by atoms with E-state index in [1.54, 1.807) is 4.90 Å². The molecule has 2 unspecified atom stereocenters. The standard InChI is InChI=1S/C17H21F6N5O/c18-16(19,20)11-5-3-10(4-6-11)14(29)27-15(28-7-1-2-8-28)26-13(25)9-12(24)17(21,22)23/h3-6,12-13H,1-2,7-9,24-25H2,(H,26,27,29). The number of carbonyl (C=O) groups is 1. The number of benzene rings is 1. The van der Waals surface area contributed by atoms with Gasteiger partial charge in [-0.1, -0.05) is 0 Å². The lowest BCUT2D eigenvalue weighted by Gasteiger charge is -2.26. The number of nitrogens with zero attached hydrogens (tertiary/aromatic N) is 2. The van der Waals surface area contributed by atoms with E-state index >= 15 is 0 Å². The Bertz CT molecular complexity index is 725. The van der Waals surface area contributed by atoms with Gasteiger partial charge in [-0.15, -0.1) is 0 Å². The molecular formula is C17H21F6N5O. The fourth-order valence-electron chi connectivity index (χ4n) is 2.72. The second kappa shape index (κ2) is 8.99. The molecule has 2 rings (SSSR count). The van der Waals surface area contributed by atoms with Crippen LogP contribution in [0.15, 0.2) is 29.3 Å². The SMILES string of the molecule is NC(CC(N)C(F)(F)F)N/C(=N\C(=O)c1ccc(C(F)(F)F)cc1)N1CCCC1. The van der Waals surface area contributed by atoms with Gasteiger partial charge in [-0.2, -0.15) is 31.3 Å². The van der Waals surface area contributed by atoms with Crippen LogP contribution in [0.25, 0.3) is 0 Å². The Morgan fingerprint density at radius 3 is 2.10 bits per heavy atom. The van der Waals surface area contributed by atoms with Gasteiger partial charge in [0, 0.05) is 25.1 Å². The summed E-state index contributed by atoms with van der Waals surface area (Å²) in [7, 11) is 0. The van der Waals surface area contributed by atoms with Crippen LogP contribution in [0.2, 0.25) is 0 Å². The Labute approximate surface area is 162 Å². The first-order chi connectivity index (χ1) is 13.4. The quantitative estimate of drug-likeness (QED) is 0.298. The van der Waals surface area contributed by atoms with Gasteiger partial charge in [0.05, 0.1) is 11.7 Å². The van der Waals surface area contributed by atoms with Gasteiger partial charge in [-0.3, -0.25) is 4.79 Å². The van der Waals surface area contributed by atoms with Crippen molar-refractivity contribution in [3.63, 3.8) is 0 Å². The number of carbonyl (C=O) groups excluding carboxylic acids is 1. The van der Waals surface area contributed by atoms with Crippen molar-refractivity contribution in [2.45, 2.75) is 43.8 Å². The lowest BCUT2D eigenvalue weighted by Crippen LogP contribution is -2.53. The van der Waals surface area contributed by atoms with Crippen molar-refractivity contribution in [1.82, 2.24) is 10.2 Å². The molecule has 162 valence electrons. The molecule has 0 bridgehead atoms. The maximum absolute atomic E-state index is 12.6. The zero-order valence-corrected chi connectivity index (χ0v) is 15.2. The monoisotopic (exact) mass is 425 g/mol. The van der Waals surface area contributed by atoms with Crippen LogP contribution in [0.3, 0.4) is 0 Å². The number of halogens is 6. The van der Waals surface area contributed by atoms with Crippen LogP contribution in [-0.2, 0) is 6.18 Å². The van der Waals surface area contributed by atoms with Crippen LogP contribution in [0.4, 0.5) is 26.3 Å². The number of hydrogen-bond donors (Lipinski definition) is 3. The summed E-state index contributed by atoms with van der Waals surface area (Å²) in [5.41, 5.74) is 9.73. The Kier molecular flexibility index (Phi) is 7.11. The summed E-state index contributed by atoms with van der Waals surface area (Å²) in [5, 5.41) is 2.57. The van der Waals surface area contributed by atoms with Crippen LogP contribution in [0.5, 0.6) is 0 Å². The zero-order valence-electron chi connectivity index (χ0n) is 15.2. The predicted octanol–water partition coefficient (Wildman–Crippen LogP) is 2.45. The number of rotatable bonds is 4. The highest BCUT2D eigenvalue weighted by molar-refractivity contribution is 6.02. The van der Waals surface area contributed by atoms with Crippen molar-refractivity contribution in [2.75, 3.05) is 13.1 Å². The number of nitrogens with two attached hydrogens (primary N) is 2. The Morgan fingerprint density at radius 2 is 1.62 bits per heavy atom. The number of aliphatic imine (C=N–C) groups is 1. The molecule has 12 heteroatoms. The van der Waals surface area contributed by atoms with Gasteiger partial charge in [0.2, 0.25) is 5.96 Å². The fourth-order valence-corrected chi connectivity index (χ4v) is 2.72. The summed E-state index contributed by atoms with van der Waals surface area (Å²) in [6.07, 6.45) is -9.48. The zero-order chi connectivity index (χ0) is 21.8. The first-order valence-corrected chi connectivity index (χ1v) is 8.77. The smallest absolute Gasteiger partial charge is 0.343 e. The summed E-state index contributed by atoms with van der Waals surface area (Å²) in [5.74, 6) is -0.880. The lowest BCUT2D eigenvalue weighted by atomic mass is 10.1. The predicted molar refractivity (Wildman–Crippen MR) is 93.8 cm³/mol. The molecule has 0 aliphatic carbocycles. The third-order valence-electron chi connectivity index (χ3n) is 4.32. The van der Waals surface area contributed by atoms with Crippen molar-refractivity contribution in [3.8, 4) is 0 Å². The average Bonchev–Trinajstić information content (AvgIpc) is 3.14. The molecule has 1 aromatic rings. The van der Waals surface area contributed by atoms with Gasteiger partial charge in [0.1, 0.15) is 6.04 Å². The van der Waals surface area contributed by atoms with Crippen molar-refractivity contribution in [2.24, 2.45) is 16.5 Å². The molecule has 5 N–H and O–H groups in total. The summed E-state index contributed by atoms with van der Waals surface area (Å²) < 4.78 is 75.7. The number of guanidine groups is 1. The summed E-state index contributed by atoms with van der Waals surface area (Å²) in [6.45, 7) is 1.01. The summed E-state index contributed by atoms with van der Waals surface area (Å²) >= 11 is 0. The average molecular weight is 425 g/mol. The maximum atomic E-state index is 12.6. The van der Waals surface area contributed by atoms with E-state index in [0.29, 0.717) is 13.1 Å².